The molecule has 0 aromatic carbocycles. The summed E-state index contributed by atoms with van der Waals surface area (Å²) in [6, 6.07) is 0.468. The van der Waals surface area contributed by atoms with Gasteiger partial charge in [0, 0.05) is 25.1 Å². The van der Waals surface area contributed by atoms with Crippen molar-refractivity contribution in [1.82, 2.24) is 4.98 Å². The van der Waals surface area contributed by atoms with Gasteiger partial charge in [-0.25, -0.2) is 4.98 Å². The van der Waals surface area contributed by atoms with Crippen molar-refractivity contribution in [2.45, 2.75) is 26.8 Å². The van der Waals surface area contributed by atoms with Crippen molar-refractivity contribution in [3.8, 4) is 0 Å². The third-order valence-electron chi connectivity index (χ3n) is 2.01. The lowest BCUT2D eigenvalue weighted by molar-refractivity contribution is 0.204. The Morgan fingerprint density at radius 1 is 1.57 bits per heavy atom. The molecule has 0 aliphatic rings. The smallest absolute Gasteiger partial charge is 0.185 e. The molecule has 0 amide bonds. The van der Waals surface area contributed by atoms with Crippen molar-refractivity contribution in [2.75, 3.05) is 25.2 Å². The number of aryl methyl sites for hydroxylation is 1. The Hall–Kier alpha value is -0.610. The normalized spacial score (nSPS) is 10.9. The van der Waals surface area contributed by atoms with Crippen LogP contribution in [0.3, 0.4) is 0 Å². The summed E-state index contributed by atoms with van der Waals surface area (Å²) in [4.78, 5) is 6.74. The van der Waals surface area contributed by atoms with Gasteiger partial charge < -0.3 is 9.64 Å². The summed E-state index contributed by atoms with van der Waals surface area (Å²) in [6.07, 6.45) is 0. The van der Waals surface area contributed by atoms with Crippen molar-refractivity contribution in [3.63, 3.8) is 0 Å². The first-order chi connectivity index (χ1) is 6.65. The summed E-state index contributed by atoms with van der Waals surface area (Å²) in [5.41, 5.74) is 1.09. The van der Waals surface area contributed by atoms with E-state index in [0.717, 1.165) is 24.0 Å². The van der Waals surface area contributed by atoms with Gasteiger partial charge in [-0.2, -0.15) is 0 Å². The molecule has 1 aromatic rings. The minimum atomic E-state index is 0.468. The van der Waals surface area contributed by atoms with E-state index in [2.05, 4.69) is 29.1 Å². The van der Waals surface area contributed by atoms with E-state index in [1.54, 1.807) is 18.4 Å². The second kappa shape index (κ2) is 5.32. The molecule has 1 aromatic heterocycles. The molecule has 0 aliphatic carbocycles. The van der Waals surface area contributed by atoms with Crippen LogP contribution in [0.25, 0.3) is 0 Å². The maximum atomic E-state index is 5.09. The highest BCUT2D eigenvalue weighted by atomic mass is 32.1. The van der Waals surface area contributed by atoms with Crippen LogP contribution in [-0.2, 0) is 4.74 Å². The third-order valence-corrected chi connectivity index (χ3v) is 3.01. The predicted molar refractivity (Wildman–Crippen MR) is 61.2 cm³/mol. The average molecular weight is 214 g/mol. The number of hydrogen-bond donors (Lipinski definition) is 0. The molecule has 14 heavy (non-hydrogen) atoms. The maximum Gasteiger partial charge on any atom is 0.185 e. The number of nitrogens with zero attached hydrogens (tertiary/aromatic N) is 2. The van der Waals surface area contributed by atoms with Crippen LogP contribution in [0, 0.1) is 6.92 Å². The molecule has 0 aliphatic heterocycles. The summed E-state index contributed by atoms with van der Waals surface area (Å²) in [7, 11) is 1.73. The number of anilines is 1. The Kier molecular flexibility index (Phi) is 4.35. The zero-order chi connectivity index (χ0) is 10.6. The van der Waals surface area contributed by atoms with Gasteiger partial charge in [-0.1, -0.05) is 0 Å². The predicted octanol–water partition coefficient (Wildman–Crippen LogP) is 2.31. The van der Waals surface area contributed by atoms with Crippen LogP contribution >= 0.6 is 11.3 Å². The highest BCUT2D eigenvalue weighted by Crippen LogP contribution is 2.21. The summed E-state index contributed by atoms with van der Waals surface area (Å²) < 4.78 is 5.09. The molecule has 1 heterocycles. The van der Waals surface area contributed by atoms with Gasteiger partial charge in [0.1, 0.15) is 0 Å². The standard InChI is InChI=1S/C10H18N2OS/c1-8(2)12(5-6-13-4)10-11-9(3)7-14-10/h7-8H,5-6H2,1-4H3. The largest absolute Gasteiger partial charge is 0.383 e. The first kappa shape index (κ1) is 11.5. The quantitative estimate of drug-likeness (QED) is 0.752. The molecule has 0 atom stereocenters. The molecular weight excluding hydrogens is 196 g/mol. The minimum Gasteiger partial charge on any atom is -0.383 e. The van der Waals surface area contributed by atoms with Crippen LogP contribution < -0.4 is 4.90 Å². The summed E-state index contributed by atoms with van der Waals surface area (Å²) in [5, 5.41) is 3.17. The maximum absolute atomic E-state index is 5.09. The van der Waals surface area contributed by atoms with E-state index in [0.29, 0.717) is 6.04 Å². The van der Waals surface area contributed by atoms with Gasteiger partial charge in [0.2, 0.25) is 0 Å². The minimum absolute atomic E-state index is 0.468. The van der Waals surface area contributed by atoms with E-state index in [1.807, 2.05) is 6.92 Å². The molecular formula is C10H18N2OS. The summed E-state index contributed by atoms with van der Waals surface area (Å²) >= 11 is 1.70. The van der Waals surface area contributed by atoms with E-state index < -0.39 is 0 Å². The van der Waals surface area contributed by atoms with E-state index >= 15 is 0 Å². The van der Waals surface area contributed by atoms with Crippen LogP contribution in [0.4, 0.5) is 5.13 Å². The van der Waals surface area contributed by atoms with Crippen LogP contribution in [0.15, 0.2) is 5.38 Å². The number of aromatic nitrogens is 1. The molecule has 80 valence electrons. The molecule has 0 bridgehead atoms. The Morgan fingerprint density at radius 2 is 2.29 bits per heavy atom. The van der Waals surface area contributed by atoms with E-state index in [9.17, 15) is 0 Å². The lowest BCUT2D eigenvalue weighted by Crippen LogP contribution is -2.33. The average Bonchev–Trinajstić information content (AvgIpc) is 2.52. The Morgan fingerprint density at radius 3 is 2.71 bits per heavy atom. The van der Waals surface area contributed by atoms with Crippen molar-refractivity contribution < 1.29 is 4.74 Å². The van der Waals surface area contributed by atoms with Gasteiger partial charge in [0.25, 0.3) is 0 Å². The fourth-order valence-corrected chi connectivity index (χ4v) is 2.20. The van der Waals surface area contributed by atoms with Crippen LogP contribution in [0.5, 0.6) is 0 Å². The van der Waals surface area contributed by atoms with Crippen LogP contribution in [0.2, 0.25) is 0 Å². The van der Waals surface area contributed by atoms with Crippen molar-refractivity contribution in [3.05, 3.63) is 11.1 Å². The van der Waals surface area contributed by atoms with Crippen molar-refractivity contribution in [2.24, 2.45) is 0 Å². The molecule has 0 radical (unpaired) electrons. The van der Waals surface area contributed by atoms with E-state index in [4.69, 9.17) is 4.74 Å². The topological polar surface area (TPSA) is 25.4 Å². The van der Waals surface area contributed by atoms with Gasteiger partial charge in [0.05, 0.1) is 12.3 Å². The molecule has 0 saturated carbocycles. The van der Waals surface area contributed by atoms with Crippen LogP contribution in [-0.4, -0.2) is 31.3 Å². The first-order valence-corrected chi connectivity index (χ1v) is 5.71. The van der Waals surface area contributed by atoms with Gasteiger partial charge in [-0.3, -0.25) is 0 Å². The van der Waals surface area contributed by atoms with Gasteiger partial charge in [-0.15, -0.1) is 11.3 Å². The summed E-state index contributed by atoms with van der Waals surface area (Å²) in [5.74, 6) is 0. The van der Waals surface area contributed by atoms with Gasteiger partial charge >= 0.3 is 0 Å². The molecule has 0 unspecified atom stereocenters. The molecule has 0 spiro atoms. The van der Waals surface area contributed by atoms with Crippen molar-refractivity contribution >= 4 is 16.5 Å². The third kappa shape index (κ3) is 2.96. The Balaban J connectivity index is 2.67. The Bertz CT molecular complexity index is 273. The number of methoxy groups -OCH3 is 1. The van der Waals surface area contributed by atoms with Crippen LogP contribution in [0.1, 0.15) is 19.5 Å². The first-order valence-electron chi connectivity index (χ1n) is 4.83. The molecule has 3 nitrogen and oxygen atoms in total. The number of hydrogen-bond acceptors (Lipinski definition) is 4. The lowest BCUT2D eigenvalue weighted by Gasteiger charge is -2.25. The number of thiazole rings is 1. The Labute approximate surface area is 89.7 Å². The molecule has 4 heteroatoms. The SMILES string of the molecule is COCCN(c1nc(C)cs1)C(C)C. The molecule has 1 rings (SSSR count). The fourth-order valence-electron chi connectivity index (χ4n) is 1.24. The second-order valence-electron chi connectivity index (χ2n) is 3.55. The van der Waals surface area contributed by atoms with Crippen molar-refractivity contribution in [1.29, 1.82) is 0 Å². The van der Waals surface area contributed by atoms with Gasteiger partial charge in [-0.05, 0) is 20.8 Å². The highest BCUT2D eigenvalue weighted by molar-refractivity contribution is 7.13. The monoisotopic (exact) mass is 214 g/mol. The van der Waals surface area contributed by atoms with Gasteiger partial charge in [0.15, 0.2) is 5.13 Å². The molecule has 0 saturated heterocycles. The number of ether oxygens (including phenoxy) is 1. The summed E-state index contributed by atoms with van der Waals surface area (Å²) in [6.45, 7) is 8.02. The highest BCUT2D eigenvalue weighted by Gasteiger charge is 2.12. The second-order valence-corrected chi connectivity index (χ2v) is 4.39. The van der Waals surface area contributed by atoms with E-state index in [-0.39, 0.29) is 0 Å². The lowest BCUT2D eigenvalue weighted by atomic mass is 10.3. The zero-order valence-corrected chi connectivity index (χ0v) is 10.1. The molecule has 0 fully saturated rings. The fraction of sp³-hybridized carbons (Fsp3) is 0.700. The number of rotatable bonds is 5. The van der Waals surface area contributed by atoms with E-state index in [1.165, 1.54) is 0 Å². The zero-order valence-electron chi connectivity index (χ0n) is 9.28. The molecule has 0 N–H and O–H groups in total.